The van der Waals surface area contributed by atoms with Gasteiger partial charge in [-0.25, -0.2) is 4.79 Å². The Bertz CT molecular complexity index is 445. The smallest absolute Gasteiger partial charge is 0.317 e. The summed E-state index contributed by atoms with van der Waals surface area (Å²) in [6.45, 7) is 17.3. The lowest BCUT2D eigenvalue weighted by molar-refractivity contribution is 0.0457. The summed E-state index contributed by atoms with van der Waals surface area (Å²) in [5, 5.41) is 3.21. The summed E-state index contributed by atoms with van der Waals surface area (Å²) in [4.78, 5) is 19.7. The molecule has 3 fully saturated rings. The molecule has 3 aliphatic rings. The summed E-state index contributed by atoms with van der Waals surface area (Å²) in [5.41, 5.74) is 0.0202. The van der Waals surface area contributed by atoms with Crippen LogP contribution in [0.25, 0.3) is 0 Å². The number of nitrogens with one attached hydrogen (secondary N) is 1. The van der Waals surface area contributed by atoms with E-state index in [1.54, 1.807) is 0 Å². The highest BCUT2D eigenvalue weighted by Gasteiger charge is 2.33. The Labute approximate surface area is 154 Å². The van der Waals surface area contributed by atoms with Gasteiger partial charge in [0.2, 0.25) is 0 Å². The molecule has 2 atom stereocenters. The maximum absolute atomic E-state index is 12.6. The van der Waals surface area contributed by atoms with Gasteiger partial charge >= 0.3 is 6.03 Å². The molecule has 1 aliphatic carbocycles. The SMILES string of the molecule is CC1CC(C)CN(C(C)(C)CNC(=O)N2CCN(CC3CC3)CC2)C1. The summed E-state index contributed by atoms with van der Waals surface area (Å²) in [6, 6.07) is 0.122. The van der Waals surface area contributed by atoms with E-state index in [1.807, 2.05) is 4.90 Å². The predicted octanol–water partition coefficient (Wildman–Crippen LogP) is 2.48. The molecule has 25 heavy (non-hydrogen) atoms. The second-order valence-electron chi connectivity index (χ2n) is 9.55. The van der Waals surface area contributed by atoms with Gasteiger partial charge in [0.1, 0.15) is 0 Å². The Morgan fingerprint density at radius 2 is 1.64 bits per heavy atom. The molecule has 2 heterocycles. The van der Waals surface area contributed by atoms with Gasteiger partial charge in [0, 0.05) is 57.9 Å². The minimum absolute atomic E-state index is 0.0202. The van der Waals surface area contributed by atoms with Crippen molar-refractivity contribution in [1.29, 1.82) is 0 Å². The van der Waals surface area contributed by atoms with Crippen molar-refractivity contribution in [2.24, 2.45) is 17.8 Å². The first-order valence-corrected chi connectivity index (χ1v) is 10.3. The third kappa shape index (κ3) is 5.33. The highest BCUT2D eigenvalue weighted by atomic mass is 16.2. The lowest BCUT2D eigenvalue weighted by atomic mass is 9.88. The van der Waals surface area contributed by atoms with Crippen LogP contribution in [0, 0.1) is 17.8 Å². The van der Waals surface area contributed by atoms with Crippen molar-refractivity contribution in [3.8, 4) is 0 Å². The van der Waals surface area contributed by atoms with E-state index < -0.39 is 0 Å². The number of piperidine rings is 1. The van der Waals surface area contributed by atoms with E-state index in [2.05, 4.69) is 42.8 Å². The molecule has 2 aliphatic heterocycles. The topological polar surface area (TPSA) is 38.8 Å². The number of nitrogens with zero attached hydrogens (tertiary/aromatic N) is 3. The van der Waals surface area contributed by atoms with E-state index in [0.717, 1.165) is 63.6 Å². The minimum Gasteiger partial charge on any atom is -0.336 e. The van der Waals surface area contributed by atoms with Crippen molar-refractivity contribution in [3.63, 3.8) is 0 Å². The Kier molecular flexibility index (Phi) is 5.94. The molecule has 2 saturated heterocycles. The molecule has 2 amide bonds. The van der Waals surface area contributed by atoms with Crippen LogP contribution in [0.2, 0.25) is 0 Å². The Hall–Kier alpha value is -0.810. The second-order valence-corrected chi connectivity index (χ2v) is 9.55. The van der Waals surface area contributed by atoms with Crippen molar-refractivity contribution in [3.05, 3.63) is 0 Å². The fourth-order valence-corrected chi connectivity index (χ4v) is 4.47. The molecule has 0 bridgehead atoms. The quantitative estimate of drug-likeness (QED) is 0.828. The van der Waals surface area contributed by atoms with Crippen LogP contribution in [0.4, 0.5) is 4.79 Å². The largest absolute Gasteiger partial charge is 0.336 e. The van der Waals surface area contributed by atoms with Crippen LogP contribution in [-0.2, 0) is 0 Å². The van der Waals surface area contributed by atoms with Crippen LogP contribution >= 0.6 is 0 Å². The molecule has 5 heteroatoms. The molecule has 0 aromatic heterocycles. The van der Waals surface area contributed by atoms with Gasteiger partial charge in [-0.2, -0.15) is 0 Å². The van der Waals surface area contributed by atoms with Crippen molar-refractivity contribution in [1.82, 2.24) is 20.0 Å². The highest BCUT2D eigenvalue weighted by molar-refractivity contribution is 5.74. The molecule has 0 radical (unpaired) electrons. The number of hydrogen-bond acceptors (Lipinski definition) is 3. The standard InChI is InChI=1S/C20H38N4O/c1-16-11-17(2)13-24(12-16)20(3,4)15-21-19(25)23-9-7-22(8-10-23)14-18-5-6-18/h16-18H,5-15H2,1-4H3,(H,21,25). The minimum atomic E-state index is 0.0202. The van der Waals surface area contributed by atoms with E-state index in [4.69, 9.17) is 0 Å². The van der Waals surface area contributed by atoms with E-state index in [0.29, 0.717) is 0 Å². The van der Waals surface area contributed by atoms with Crippen LogP contribution in [0.3, 0.4) is 0 Å². The first-order chi connectivity index (χ1) is 11.8. The molecule has 1 saturated carbocycles. The average molecular weight is 351 g/mol. The van der Waals surface area contributed by atoms with Crippen LogP contribution in [0.5, 0.6) is 0 Å². The van der Waals surface area contributed by atoms with Crippen molar-refractivity contribution in [2.75, 3.05) is 52.4 Å². The third-order valence-electron chi connectivity index (χ3n) is 6.27. The molecule has 0 spiro atoms. The summed E-state index contributed by atoms with van der Waals surface area (Å²) < 4.78 is 0. The molecule has 1 N–H and O–H groups in total. The number of amides is 2. The molecule has 3 rings (SSSR count). The van der Waals surface area contributed by atoms with Crippen LogP contribution in [0.1, 0.15) is 47.0 Å². The highest BCUT2D eigenvalue weighted by Crippen LogP contribution is 2.30. The van der Waals surface area contributed by atoms with Gasteiger partial charge in [-0.1, -0.05) is 13.8 Å². The van der Waals surface area contributed by atoms with Gasteiger partial charge in [0.05, 0.1) is 0 Å². The van der Waals surface area contributed by atoms with E-state index in [-0.39, 0.29) is 11.6 Å². The molecular formula is C20H38N4O. The summed E-state index contributed by atoms with van der Waals surface area (Å²) in [5.74, 6) is 2.44. The number of carbonyl (C=O) groups is 1. The number of likely N-dealkylation sites (tertiary alicyclic amines) is 1. The first kappa shape index (κ1) is 19.0. The Morgan fingerprint density at radius 1 is 1.04 bits per heavy atom. The summed E-state index contributed by atoms with van der Waals surface area (Å²) >= 11 is 0. The first-order valence-electron chi connectivity index (χ1n) is 10.3. The second kappa shape index (κ2) is 7.83. The predicted molar refractivity (Wildman–Crippen MR) is 103 cm³/mol. The average Bonchev–Trinajstić information content (AvgIpc) is 3.36. The van der Waals surface area contributed by atoms with Crippen LogP contribution < -0.4 is 5.32 Å². The molecular weight excluding hydrogens is 312 g/mol. The zero-order valence-corrected chi connectivity index (χ0v) is 16.8. The lowest BCUT2D eigenvalue weighted by Gasteiger charge is -2.45. The zero-order valence-electron chi connectivity index (χ0n) is 16.8. The molecule has 0 aromatic rings. The number of urea groups is 1. The van der Waals surface area contributed by atoms with E-state index >= 15 is 0 Å². The molecule has 5 nitrogen and oxygen atoms in total. The fourth-order valence-electron chi connectivity index (χ4n) is 4.47. The van der Waals surface area contributed by atoms with Crippen molar-refractivity contribution >= 4 is 6.03 Å². The lowest BCUT2D eigenvalue weighted by Crippen LogP contribution is -2.58. The van der Waals surface area contributed by atoms with Gasteiger partial charge in [-0.15, -0.1) is 0 Å². The summed E-state index contributed by atoms with van der Waals surface area (Å²) in [6.07, 6.45) is 4.14. The van der Waals surface area contributed by atoms with Crippen LogP contribution in [-0.4, -0.2) is 78.6 Å². The zero-order chi connectivity index (χ0) is 18.0. The Morgan fingerprint density at radius 3 is 2.20 bits per heavy atom. The third-order valence-corrected chi connectivity index (χ3v) is 6.27. The van der Waals surface area contributed by atoms with Gasteiger partial charge in [-0.3, -0.25) is 9.80 Å². The van der Waals surface area contributed by atoms with E-state index in [1.165, 1.54) is 25.8 Å². The fraction of sp³-hybridized carbons (Fsp3) is 0.950. The normalized spacial score (nSPS) is 29.7. The summed E-state index contributed by atoms with van der Waals surface area (Å²) in [7, 11) is 0. The molecule has 2 unspecified atom stereocenters. The number of hydrogen-bond donors (Lipinski definition) is 1. The van der Waals surface area contributed by atoms with Crippen LogP contribution in [0.15, 0.2) is 0 Å². The monoisotopic (exact) mass is 350 g/mol. The van der Waals surface area contributed by atoms with Gasteiger partial charge < -0.3 is 10.2 Å². The maximum Gasteiger partial charge on any atom is 0.317 e. The van der Waals surface area contributed by atoms with E-state index in [9.17, 15) is 4.79 Å². The molecule has 0 aromatic carbocycles. The van der Waals surface area contributed by atoms with Crippen molar-refractivity contribution in [2.45, 2.75) is 52.5 Å². The number of piperazine rings is 1. The van der Waals surface area contributed by atoms with Gasteiger partial charge in [0.15, 0.2) is 0 Å². The Balaban J connectivity index is 1.41. The number of rotatable bonds is 5. The number of carbonyl (C=O) groups excluding carboxylic acids is 1. The maximum atomic E-state index is 12.6. The van der Waals surface area contributed by atoms with Crippen molar-refractivity contribution < 1.29 is 4.79 Å². The van der Waals surface area contributed by atoms with Gasteiger partial charge in [-0.05, 0) is 50.9 Å². The van der Waals surface area contributed by atoms with Gasteiger partial charge in [0.25, 0.3) is 0 Å². The molecule has 144 valence electrons.